The first-order valence-electron chi connectivity index (χ1n) is 1.91. The van der Waals surface area contributed by atoms with E-state index in [4.69, 9.17) is 6.42 Å². The zero-order valence-corrected chi connectivity index (χ0v) is 3.39. The van der Waals surface area contributed by atoms with Crippen LogP contribution in [-0.4, -0.2) is 0 Å². The zero-order valence-electron chi connectivity index (χ0n) is 3.39. The second-order valence-corrected chi connectivity index (χ2v) is 1.27. The summed E-state index contributed by atoms with van der Waals surface area (Å²) < 4.78 is 0. The fourth-order valence-corrected chi connectivity index (χ4v) is 0.333. The van der Waals surface area contributed by atoms with Gasteiger partial charge in [-0.2, -0.15) is 0 Å². The highest BCUT2D eigenvalue weighted by Gasteiger charge is 2.03. The Labute approximate surface area is 37.9 Å². The van der Waals surface area contributed by atoms with Crippen molar-refractivity contribution in [3.05, 3.63) is 18.6 Å². The summed E-state index contributed by atoms with van der Waals surface area (Å²) in [6.07, 6.45) is 10.9. The van der Waals surface area contributed by atoms with Crippen LogP contribution in [0, 0.1) is 24.7 Å². The summed E-state index contributed by atoms with van der Waals surface area (Å²) in [6, 6.07) is 0. The van der Waals surface area contributed by atoms with Gasteiger partial charge in [0, 0.05) is 12.3 Å². The SMILES string of the molecule is C#CC1[CH]C=C1. The van der Waals surface area contributed by atoms with Gasteiger partial charge in [-0.05, 0) is 0 Å². The molecule has 0 bridgehead atoms. The molecule has 1 unspecified atom stereocenters. The average Bonchev–Trinajstić information content (AvgIpc) is 1.31. The van der Waals surface area contributed by atoms with Gasteiger partial charge in [0.15, 0.2) is 0 Å². The van der Waals surface area contributed by atoms with Crippen LogP contribution in [0.1, 0.15) is 0 Å². The van der Waals surface area contributed by atoms with E-state index in [1.807, 2.05) is 18.6 Å². The van der Waals surface area contributed by atoms with Crippen LogP contribution < -0.4 is 0 Å². The van der Waals surface area contributed by atoms with Gasteiger partial charge in [-0.15, -0.1) is 6.42 Å². The van der Waals surface area contributed by atoms with Gasteiger partial charge in [0.05, 0.1) is 0 Å². The minimum absolute atomic E-state index is 0.338. The van der Waals surface area contributed by atoms with Crippen LogP contribution in [0.25, 0.3) is 0 Å². The van der Waals surface area contributed by atoms with E-state index in [0.717, 1.165) is 0 Å². The molecule has 0 N–H and O–H groups in total. The Bertz CT molecular complexity index is 104. The summed E-state index contributed by atoms with van der Waals surface area (Å²) in [4.78, 5) is 0. The lowest BCUT2D eigenvalue weighted by atomic mass is 9.97. The van der Waals surface area contributed by atoms with Crippen LogP contribution in [0.4, 0.5) is 0 Å². The molecule has 0 fully saturated rings. The van der Waals surface area contributed by atoms with Gasteiger partial charge in [-0.25, -0.2) is 0 Å². The summed E-state index contributed by atoms with van der Waals surface area (Å²) in [5.74, 6) is 2.90. The van der Waals surface area contributed by atoms with Crippen molar-refractivity contribution in [2.45, 2.75) is 0 Å². The van der Waals surface area contributed by atoms with Crippen LogP contribution in [0.3, 0.4) is 0 Å². The van der Waals surface area contributed by atoms with Gasteiger partial charge in [-0.3, -0.25) is 0 Å². The Kier molecular flexibility index (Phi) is 0.686. The zero-order chi connectivity index (χ0) is 4.41. The molecule has 29 valence electrons. The lowest BCUT2D eigenvalue weighted by molar-refractivity contribution is 0.972. The first-order valence-corrected chi connectivity index (χ1v) is 1.91. The molecule has 0 spiro atoms. The molecule has 0 aromatic carbocycles. The van der Waals surface area contributed by atoms with Crippen LogP contribution in [0.2, 0.25) is 0 Å². The standard InChI is InChI=1S/C6H5/c1-2-6-4-3-5-6/h1,3-6H. The second-order valence-electron chi connectivity index (χ2n) is 1.27. The maximum absolute atomic E-state index is 5.00. The third-order valence-electron chi connectivity index (χ3n) is 0.829. The lowest BCUT2D eigenvalue weighted by Crippen LogP contribution is -1.98. The van der Waals surface area contributed by atoms with E-state index < -0.39 is 0 Å². The highest BCUT2D eigenvalue weighted by atomic mass is 14.1. The predicted molar refractivity (Wildman–Crippen MR) is 25.8 cm³/mol. The highest BCUT2D eigenvalue weighted by molar-refractivity contribution is 5.26. The Morgan fingerprint density at radius 2 is 2.33 bits per heavy atom. The highest BCUT2D eigenvalue weighted by Crippen LogP contribution is 2.12. The smallest absolute Gasteiger partial charge is 0.0449 e. The molecule has 0 aromatic rings. The number of hydrogen-bond donors (Lipinski definition) is 0. The molecule has 1 rings (SSSR count). The molecule has 1 aliphatic carbocycles. The third-order valence-corrected chi connectivity index (χ3v) is 0.829. The van der Waals surface area contributed by atoms with Crippen LogP contribution in [0.15, 0.2) is 12.2 Å². The molecule has 0 aromatic heterocycles. The quantitative estimate of drug-likeness (QED) is 0.378. The lowest BCUT2D eigenvalue weighted by Gasteiger charge is -2.06. The topological polar surface area (TPSA) is 0 Å². The summed E-state index contributed by atoms with van der Waals surface area (Å²) in [5.41, 5.74) is 0. The molecule has 0 saturated heterocycles. The summed E-state index contributed by atoms with van der Waals surface area (Å²) in [5, 5.41) is 0. The van der Waals surface area contributed by atoms with E-state index in [2.05, 4.69) is 5.92 Å². The molecule has 6 heavy (non-hydrogen) atoms. The van der Waals surface area contributed by atoms with Gasteiger partial charge in [0.2, 0.25) is 0 Å². The normalized spacial score (nSPS) is 28.2. The molecule has 1 atom stereocenters. The molecule has 0 heterocycles. The van der Waals surface area contributed by atoms with E-state index in [1.165, 1.54) is 0 Å². The predicted octanol–water partition coefficient (Wildman–Crippen LogP) is 1.01. The maximum atomic E-state index is 5.00. The minimum atomic E-state index is 0.338. The number of rotatable bonds is 0. The van der Waals surface area contributed by atoms with Crippen LogP contribution in [-0.2, 0) is 0 Å². The van der Waals surface area contributed by atoms with Gasteiger partial charge in [0.25, 0.3) is 0 Å². The molecule has 1 aliphatic rings. The molecule has 0 heteroatoms. The first kappa shape index (κ1) is 3.49. The van der Waals surface area contributed by atoms with Gasteiger partial charge in [0.1, 0.15) is 0 Å². The first-order chi connectivity index (χ1) is 2.93. The monoisotopic (exact) mass is 77.0 g/mol. The fraction of sp³-hybridized carbons (Fsp3) is 0.167. The number of terminal acetylenes is 1. The third kappa shape index (κ3) is 0.328. The van der Waals surface area contributed by atoms with Gasteiger partial charge in [-0.1, -0.05) is 18.1 Å². The largest absolute Gasteiger partial charge is 0.119 e. The summed E-state index contributed by atoms with van der Waals surface area (Å²) in [6.45, 7) is 0. The van der Waals surface area contributed by atoms with Crippen molar-refractivity contribution in [3.63, 3.8) is 0 Å². The van der Waals surface area contributed by atoms with E-state index in [-0.39, 0.29) is 0 Å². The van der Waals surface area contributed by atoms with Gasteiger partial charge >= 0.3 is 0 Å². The minimum Gasteiger partial charge on any atom is -0.119 e. The number of allylic oxidation sites excluding steroid dienone is 2. The van der Waals surface area contributed by atoms with E-state index in [1.54, 1.807) is 0 Å². The van der Waals surface area contributed by atoms with E-state index in [9.17, 15) is 0 Å². The van der Waals surface area contributed by atoms with Crippen molar-refractivity contribution in [1.82, 2.24) is 0 Å². The molecule has 0 saturated carbocycles. The Morgan fingerprint density at radius 1 is 1.67 bits per heavy atom. The van der Waals surface area contributed by atoms with Crippen molar-refractivity contribution < 1.29 is 0 Å². The fourth-order valence-electron chi connectivity index (χ4n) is 0.333. The summed E-state index contributed by atoms with van der Waals surface area (Å²) >= 11 is 0. The van der Waals surface area contributed by atoms with E-state index >= 15 is 0 Å². The van der Waals surface area contributed by atoms with Crippen molar-refractivity contribution in [3.8, 4) is 12.3 Å². The van der Waals surface area contributed by atoms with Crippen LogP contribution >= 0.6 is 0 Å². The Balaban J connectivity index is 2.46. The molecular formula is C6H5. The molecular weight excluding hydrogens is 72.1 g/mol. The number of hydrogen-bond acceptors (Lipinski definition) is 0. The molecule has 0 amide bonds. The van der Waals surface area contributed by atoms with Crippen molar-refractivity contribution in [2.24, 2.45) is 5.92 Å². The second kappa shape index (κ2) is 1.18. The Morgan fingerprint density at radius 3 is 2.33 bits per heavy atom. The van der Waals surface area contributed by atoms with E-state index in [0.29, 0.717) is 5.92 Å². The van der Waals surface area contributed by atoms with Crippen molar-refractivity contribution in [2.75, 3.05) is 0 Å². The van der Waals surface area contributed by atoms with Crippen molar-refractivity contribution >= 4 is 0 Å². The summed E-state index contributed by atoms with van der Waals surface area (Å²) in [7, 11) is 0. The molecule has 1 radical (unpaired) electrons. The van der Waals surface area contributed by atoms with Gasteiger partial charge < -0.3 is 0 Å². The molecule has 0 aliphatic heterocycles. The maximum Gasteiger partial charge on any atom is 0.0449 e. The Hall–Kier alpha value is -0.700. The van der Waals surface area contributed by atoms with Crippen LogP contribution in [0.5, 0.6) is 0 Å². The average molecular weight is 77.1 g/mol. The molecule has 0 nitrogen and oxygen atoms in total. The van der Waals surface area contributed by atoms with Crippen molar-refractivity contribution in [1.29, 1.82) is 0 Å².